The Hall–Kier alpha value is -3.24. The molecule has 0 fully saturated rings. The standard InChI is InChI=1S/C19H15ClN4O5S/c1-10(13-5-3-4-8-21-13)24-19(26)15-16(18(23-24)29-30(2,27)28)22-14-9-11(20)6-7-12(14)17(15)25/h3-10H,1-2H3,(H,22,25)/t10-/m0/s1. The van der Waals surface area contributed by atoms with Gasteiger partial charge in [0, 0.05) is 16.6 Å². The lowest BCUT2D eigenvalue weighted by Crippen LogP contribution is -2.31. The first kappa shape index (κ1) is 20.0. The molecule has 4 aromatic rings. The van der Waals surface area contributed by atoms with Gasteiger partial charge in [-0.05, 0) is 37.3 Å². The summed E-state index contributed by atoms with van der Waals surface area (Å²) in [6.45, 7) is 1.65. The number of hydrogen-bond donors (Lipinski definition) is 1. The molecule has 30 heavy (non-hydrogen) atoms. The monoisotopic (exact) mass is 446 g/mol. The third-order valence-electron chi connectivity index (χ3n) is 4.51. The SMILES string of the molecule is C[C@@H](c1ccccn1)n1nc(OS(C)(=O)=O)c2[nH]c3cc(Cl)ccc3c(=O)c2c1=O. The average Bonchev–Trinajstić information content (AvgIpc) is 2.69. The predicted octanol–water partition coefficient (Wildman–Crippen LogP) is 2.23. The summed E-state index contributed by atoms with van der Waals surface area (Å²) in [6.07, 6.45) is 2.39. The van der Waals surface area contributed by atoms with Crippen LogP contribution in [0.25, 0.3) is 21.8 Å². The zero-order chi connectivity index (χ0) is 21.6. The molecule has 1 N–H and O–H groups in total. The summed E-state index contributed by atoms with van der Waals surface area (Å²) >= 11 is 6.00. The number of rotatable bonds is 4. The van der Waals surface area contributed by atoms with E-state index in [0.717, 1.165) is 10.9 Å². The first-order chi connectivity index (χ1) is 14.2. The highest BCUT2D eigenvalue weighted by molar-refractivity contribution is 7.86. The topological polar surface area (TPSA) is 124 Å². The first-order valence-corrected chi connectivity index (χ1v) is 10.9. The lowest BCUT2D eigenvalue weighted by Gasteiger charge is -2.16. The Morgan fingerprint density at radius 2 is 1.97 bits per heavy atom. The number of H-pyrrole nitrogens is 1. The Balaban J connectivity index is 2.12. The second-order valence-electron chi connectivity index (χ2n) is 6.67. The summed E-state index contributed by atoms with van der Waals surface area (Å²) in [5.74, 6) is -0.422. The summed E-state index contributed by atoms with van der Waals surface area (Å²) in [6, 6.07) is 8.95. The smallest absolute Gasteiger partial charge is 0.307 e. The fraction of sp³-hybridized carbons (Fsp3) is 0.158. The molecule has 1 aromatic carbocycles. The van der Waals surface area contributed by atoms with E-state index >= 15 is 0 Å². The van der Waals surface area contributed by atoms with Crippen molar-refractivity contribution in [3.05, 3.63) is 73.9 Å². The van der Waals surface area contributed by atoms with Crippen LogP contribution in [0.15, 0.2) is 52.2 Å². The first-order valence-electron chi connectivity index (χ1n) is 8.74. The Kier molecular flexibility index (Phi) is 4.83. The van der Waals surface area contributed by atoms with Gasteiger partial charge >= 0.3 is 10.1 Å². The van der Waals surface area contributed by atoms with Crippen LogP contribution in [0.5, 0.6) is 5.88 Å². The Bertz CT molecular complexity index is 1510. The quantitative estimate of drug-likeness (QED) is 0.376. The van der Waals surface area contributed by atoms with Crippen LogP contribution in [0.3, 0.4) is 0 Å². The maximum absolute atomic E-state index is 13.2. The number of halogens is 1. The van der Waals surface area contributed by atoms with Crippen LogP contribution in [-0.2, 0) is 10.1 Å². The van der Waals surface area contributed by atoms with E-state index in [9.17, 15) is 18.0 Å². The van der Waals surface area contributed by atoms with Crippen LogP contribution in [0.2, 0.25) is 5.02 Å². The Morgan fingerprint density at radius 1 is 1.20 bits per heavy atom. The highest BCUT2D eigenvalue weighted by Gasteiger charge is 2.23. The maximum atomic E-state index is 13.2. The minimum absolute atomic E-state index is 0.130. The molecule has 0 saturated carbocycles. The second kappa shape index (κ2) is 7.22. The van der Waals surface area contributed by atoms with Gasteiger partial charge in [-0.25, -0.2) is 4.68 Å². The molecule has 0 spiro atoms. The van der Waals surface area contributed by atoms with Crippen molar-refractivity contribution in [2.45, 2.75) is 13.0 Å². The van der Waals surface area contributed by atoms with Crippen LogP contribution < -0.4 is 15.2 Å². The average molecular weight is 447 g/mol. The summed E-state index contributed by atoms with van der Waals surface area (Å²) in [5.41, 5.74) is -0.615. The molecular weight excluding hydrogens is 432 g/mol. The predicted molar refractivity (Wildman–Crippen MR) is 113 cm³/mol. The molecule has 154 valence electrons. The maximum Gasteiger partial charge on any atom is 0.307 e. The van der Waals surface area contributed by atoms with Crippen molar-refractivity contribution < 1.29 is 12.6 Å². The summed E-state index contributed by atoms with van der Waals surface area (Å²) in [5, 5.41) is 4.39. The number of pyridine rings is 2. The number of nitrogens with one attached hydrogen (secondary N) is 1. The summed E-state index contributed by atoms with van der Waals surface area (Å²) in [4.78, 5) is 33.4. The van der Waals surface area contributed by atoms with Crippen molar-refractivity contribution in [2.24, 2.45) is 0 Å². The van der Waals surface area contributed by atoms with Gasteiger partial charge in [-0.3, -0.25) is 14.6 Å². The molecule has 0 bridgehead atoms. The van der Waals surface area contributed by atoms with Crippen LogP contribution >= 0.6 is 11.6 Å². The molecule has 0 unspecified atom stereocenters. The van der Waals surface area contributed by atoms with Crippen LogP contribution in [0, 0.1) is 0 Å². The number of aromatic amines is 1. The van der Waals surface area contributed by atoms with E-state index in [1.807, 2.05) is 0 Å². The molecule has 0 amide bonds. The number of benzene rings is 1. The fourth-order valence-electron chi connectivity index (χ4n) is 3.15. The van der Waals surface area contributed by atoms with Gasteiger partial charge in [-0.15, -0.1) is 5.10 Å². The molecule has 11 heteroatoms. The van der Waals surface area contributed by atoms with Gasteiger partial charge in [-0.1, -0.05) is 17.7 Å². The van der Waals surface area contributed by atoms with E-state index in [1.54, 1.807) is 31.3 Å². The third-order valence-corrected chi connectivity index (χ3v) is 5.21. The second-order valence-corrected chi connectivity index (χ2v) is 8.68. The molecule has 9 nitrogen and oxygen atoms in total. The molecular formula is C19H15ClN4O5S. The van der Waals surface area contributed by atoms with Crippen LogP contribution in [0.1, 0.15) is 18.7 Å². The van der Waals surface area contributed by atoms with E-state index in [2.05, 4.69) is 15.1 Å². The number of hydrogen-bond acceptors (Lipinski definition) is 7. The van der Waals surface area contributed by atoms with E-state index in [0.29, 0.717) is 16.2 Å². The highest BCUT2D eigenvalue weighted by Crippen LogP contribution is 2.24. The fourth-order valence-corrected chi connectivity index (χ4v) is 3.72. The molecule has 0 radical (unpaired) electrons. The Morgan fingerprint density at radius 3 is 2.63 bits per heavy atom. The third kappa shape index (κ3) is 3.55. The van der Waals surface area contributed by atoms with Crippen molar-refractivity contribution >= 4 is 43.5 Å². The summed E-state index contributed by atoms with van der Waals surface area (Å²) < 4.78 is 29.6. The lowest BCUT2D eigenvalue weighted by atomic mass is 10.1. The Labute approximate surface area is 175 Å². The molecule has 0 saturated heterocycles. The minimum atomic E-state index is -4.00. The van der Waals surface area contributed by atoms with Crippen molar-refractivity contribution in [1.82, 2.24) is 19.7 Å². The highest BCUT2D eigenvalue weighted by atomic mass is 35.5. The normalized spacial score (nSPS) is 12.9. The van der Waals surface area contributed by atoms with Crippen molar-refractivity contribution in [1.29, 1.82) is 0 Å². The molecule has 4 rings (SSSR count). The van der Waals surface area contributed by atoms with Crippen molar-refractivity contribution in [3.63, 3.8) is 0 Å². The number of fused-ring (bicyclic) bond motifs is 2. The van der Waals surface area contributed by atoms with Gasteiger partial charge in [0.2, 0.25) is 5.43 Å². The van der Waals surface area contributed by atoms with Gasteiger partial charge in [0.05, 0.1) is 23.5 Å². The van der Waals surface area contributed by atoms with Crippen molar-refractivity contribution in [3.8, 4) is 5.88 Å². The van der Waals surface area contributed by atoms with E-state index < -0.39 is 33.0 Å². The van der Waals surface area contributed by atoms with E-state index in [1.165, 1.54) is 18.2 Å². The van der Waals surface area contributed by atoms with Gasteiger partial charge in [-0.2, -0.15) is 8.42 Å². The number of nitrogens with zero attached hydrogens (tertiary/aromatic N) is 3. The van der Waals surface area contributed by atoms with Gasteiger partial charge < -0.3 is 9.17 Å². The molecule has 3 heterocycles. The minimum Gasteiger partial charge on any atom is -0.358 e. The number of aromatic nitrogens is 4. The molecule has 3 aromatic heterocycles. The van der Waals surface area contributed by atoms with Gasteiger partial charge in [0.25, 0.3) is 11.4 Å². The lowest BCUT2D eigenvalue weighted by molar-refractivity contribution is 0.448. The van der Waals surface area contributed by atoms with Gasteiger partial charge in [0.1, 0.15) is 10.9 Å². The van der Waals surface area contributed by atoms with E-state index in [4.69, 9.17) is 15.8 Å². The molecule has 0 aliphatic heterocycles. The molecule has 1 atom stereocenters. The van der Waals surface area contributed by atoms with Crippen LogP contribution in [0.4, 0.5) is 0 Å². The largest absolute Gasteiger partial charge is 0.358 e. The zero-order valence-electron chi connectivity index (χ0n) is 15.8. The molecule has 0 aliphatic rings. The van der Waals surface area contributed by atoms with Gasteiger partial charge in [0.15, 0.2) is 0 Å². The van der Waals surface area contributed by atoms with E-state index in [-0.39, 0.29) is 16.3 Å². The zero-order valence-corrected chi connectivity index (χ0v) is 17.4. The van der Waals surface area contributed by atoms with Crippen molar-refractivity contribution in [2.75, 3.05) is 6.26 Å². The molecule has 0 aliphatic carbocycles. The van der Waals surface area contributed by atoms with Crippen LogP contribution in [-0.4, -0.2) is 34.4 Å². The summed E-state index contributed by atoms with van der Waals surface area (Å²) in [7, 11) is -4.00.